The van der Waals surface area contributed by atoms with Gasteiger partial charge in [-0.15, -0.1) is 0 Å². The van der Waals surface area contributed by atoms with Crippen molar-refractivity contribution in [2.24, 2.45) is 5.41 Å². The van der Waals surface area contributed by atoms with Gasteiger partial charge in [-0.05, 0) is 68.8 Å². The largest absolute Gasteiger partial charge is 0.378 e. The zero-order valence-corrected chi connectivity index (χ0v) is 22.3. The molecule has 8 heteroatoms. The summed E-state index contributed by atoms with van der Waals surface area (Å²) in [6.45, 7) is 9.45. The number of benzene rings is 2. The lowest BCUT2D eigenvalue weighted by Crippen LogP contribution is -2.72. The normalized spacial score (nSPS) is 16.4. The summed E-state index contributed by atoms with van der Waals surface area (Å²) in [4.78, 5) is 34.7. The topological polar surface area (TPSA) is 93.7 Å². The van der Waals surface area contributed by atoms with Gasteiger partial charge in [-0.25, -0.2) is 4.98 Å². The second kappa shape index (κ2) is 9.28. The van der Waals surface area contributed by atoms with Crippen LogP contribution in [0.15, 0.2) is 65.6 Å². The van der Waals surface area contributed by atoms with Crippen LogP contribution in [0.5, 0.6) is 0 Å². The van der Waals surface area contributed by atoms with Crippen molar-refractivity contribution < 1.29 is 4.79 Å². The van der Waals surface area contributed by atoms with E-state index in [0.29, 0.717) is 22.3 Å². The molecule has 0 aliphatic carbocycles. The molecule has 6 rings (SSSR count). The van der Waals surface area contributed by atoms with E-state index in [2.05, 4.69) is 27.3 Å². The average molecular weight is 519 g/mol. The van der Waals surface area contributed by atoms with E-state index < -0.39 is 0 Å². The van der Waals surface area contributed by atoms with Gasteiger partial charge in [0.2, 0.25) is 0 Å². The molecule has 4 aromatic rings. The minimum atomic E-state index is -0.182. The Morgan fingerprint density at radius 2 is 1.74 bits per heavy atom. The predicted octanol–water partition coefficient (Wildman–Crippen LogP) is 4.50. The Labute approximate surface area is 227 Å². The lowest BCUT2D eigenvalue weighted by molar-refractivity contribution is 0.112. The maximum atomic E-state index is 13.5. The minimum absolute atomic E-state index is 0.0609. The van der Waals surface area contributed by atoms with Gasteiger partial charge in [0.25, 0.3) is 5.56 Å². The van der Waals surface area contributed by atoms with E-state index in [1.165, 1.54) is 0 Å². The molecule has 2 aliphatic heterocycles. The number of aryl methyl sites for hydroxylation is 1. The van der Waals surface area contributed by atoms with E-state index in [1.807, 2.05) is 69.4 Å². The van der Waals surface area contributed by atoms with Gasteiger partial charge >= 0.3 is 0 Å². The number of carbonyl (C=O) groups is 1. The molecule has 0 bridgehead atoms. The monoisotopic (exact) mass is 518 g/mol. The summed E-state index contributed by atoms with van der Waals surface area (Å²) in [5, 5.41) is 12.5. The van der Waals surface area contributed by atoms with Crippen molar-refractivity contribution in [3.05, 3.63) is 99.0 Å². The van der Waals surface area contributed by atoms with Gasteiger partial charge in [0.05, 0.1) is 23.2 Å². The number of para-hydroxylation sites is 1. The Morgan fingerprint density at radius 1 is 1.05 bits per heavy atom. The van der Waals surface area contributed by atoms with Crippen molar-refractivity contribution in [2.45, 2.75) is 26.8 Å². The van der Waals surface area contributed by atoms with E-state index in [0.717, 1.165) is 60.8 Å². The van der Waals surface area contributed by atoms with Crippen LogP contribution < -0.4 is 20.7 Å². The van der Waals surface area contributed by atoms with Crippen LogP contribution in [0.25, 0.3) is 5.65 Å². The summed E-state index contributed by atoms with van der Waals surface area (Å²) in [6, 6.07) is 19.2. The number of hydrogen-bond acceptors (Lipinski definition) is 7. The first kappa shape index (κ1) is 24.7. The van der Waals surface area contributed by atoms with Crippen LogP contribution in [0, 0.1) is 30.6 Å². The van der Waals surface area contributed by atoms with Gasteiger partial charge in [0.15, 0.2) is 6.29 Å². The van der Waals surface area contributed by atoms with Crippen LogP contribution in [-0.2, 0) is 0 Å². The molecule has 2 saturated heterocycles. The summed E-state index contributed by atoms with van der Waals surface area (Å²) in [7, 11) is 0. The molecule has 2 aromatic heterocycles. The van der Waals surface area contributed by atoms with Gasteiger partial charge in [-0.3, -0.25) is 14.0 Å². The van der Waals surface area contributed by atoms with Gasteiger partial charge in [-0.1, -0.05) is 12.1 Å². The zero-order valence-electron chi connectivity index (χ0n) is 22.3. The van der Waals surface area contributed by atoms with E-state index >= 15 is 0 Å². The quantitative estimate of drug-likeness (QED) is 0.376. The molecule has 1 atom stereocenters. The standard InChI is InChI=1S/C31H30N6O2/c1-20-12-26(22(3)33-27-7-5-4-6-24(27)15-38)29-34-28(21(2)30(39)37(29)14-20)36-18-31(19-36)16-35(17-31)25-10-8-23(13-32)9-11-25/h4-12,14-15,22,33H,16-19H2,1-3H3. The highest BCUT2D eigenvalue weighted by Crippen LogP contribution is 2.44. The fourth-order valence-corrected chi connectivity index (χ4v) is 5.96. The summed E-state index contributed by atoms with van der Waals surface area (Å²) >= 11 is 0. The van der Waals surface area contributed by atoms with Crippen LogP contribution in [0.4, 0.5) is 17.2 Å². The highest BCUT2D eigenvalue weighted by Gasteiger charge is 2.52. The fourth-order valence-electron chi connectivity index (χ4n) is 5.96. The molecule has 39 heavy (non-hydrogen) atoms. The molecule has 1 spiro atoms. The molecule has 0 amide bonds. The third kappa shape index (κ3) is 4.20. The maximum Gasteiger partial charge on any atom is 0.262 e. The number of hydrogen-bond donors (Lipinski definition) is 1. The maximum absolute atomic E-state index is 13.5. The van der Waals surface area contributed by atoms with Crippen LogP contribution >= 0.6 is 0 Å². The number of anilines is 3. The van der Waals surface area contributed by atoms with E-state index in [1.54, 1.807) is 10.5 Å². The molecule has 8 nitrogen and oxygen atoms in total. The Hall–Kier alpha value is -4.64. The second-order valence-electron chi connectivity index (χ2n) is 11.0. The smallest absolute Gasteiger partial charge is 0.262 e. The lowest BCUT2D eigenvalue weighted by Gasteiger charge is -2.61. The highest BCUT2D eigenvalue weighted by atomic mass is 16.1. The first-order valence-corrected chi connectivity index (χ1v) is 13.2. The molecule has 196 valence electrons. The van der Waals surface area contributed by atoms with Crippen molar-refractivity contribution in [1.29, 1.82) is 5.26 Å². The third-order valence-corrected chi connectivity index (χ3v) is 7.98. The Balaban J connectivity index is 1.26. The first-order valence-electron chi connectivity index (χ1n) is 13.2. The average Bonchev–Trinajstić information content (AvgIpc) is 2.90. The number of aldehydes is 1. The van der Waals surface area contributed by atoms with Crippen LogP contribution in [0.1, 0.15) is 45.6 Å². The lowest BCUT2D eigenvalue weighted by atomic mass is 9.72. The third-order valence-electron chi connectivity index (χ3n) is 7.98. The van der Waals surface area contributed by atoms with Crippen molar-refractivity contribution in [3.8, 4) is 6.07 Å². The predicted molar refractivity (Wildman–Crippen MR) is 153 cm³/mol. The zero-order chi connectivity index (χ0) is 27.3. The van der Waals surface area contributed by atoms with Gasteiger partial charge in [-0.2, -0.15) is 5.26 Å². The number of rotatable bonds is 6. The number of pyridine rings is 1. The van der Waals surface area contributed by atoms with Crippen molar-refractivity contribution in [2.75, 3.05) is 41.3 Å². The molecule has 2 fully saturated rings. The Bertz CT molecular complexity index is 1690. The first-order chi connectivity index (χ1) is 18.8. The summed E-state index contributed by atoms with van der Waals surface area (Å²) in [5.74, 6) is 0.744. The second-order valence-corrected chi connectivity index (χ2v) is 11.0. The number of nitrogens with one attached hydrogen (secondary N) is 1. The molecule has 2 aliphatic rings. The Morgan fingerprint density at radius 3 is 2.44 bits per heavy atom. The number of nitrogens with zero attached hydrogens (tertiary/aromatic N) is 5. The van der Waals surface area contributed by atoms with Gasteiger partial charge in [0.1, 0.15) is 11.5 Å². The van der Waals surface area contributed by atoms with Crippen LogP contribution in [0.2, 0.25) is 0 Å². The summed E-state index contributed by atoms with van der Waals surface area (Å²) in [6.07, 6.45) is 2.69. The number of carbonyl (C=O) groups excluding carboxylic acids is 1. The summed E-state index contributed by atoms with van der Waals surface area (Å²) < 4.78 is 1.65. The minimum Gasteiger partial charge on any atom is -0.378 e. The molecule has 0 radical (unpaired) electrons. The molecule has 2 aromatic carbocycles. The van der Waals surface area contributed by atoms with Crippen molar-refractivity contribution in [1.82, 2.24) is 9.38 Å². The Kier molecular flexibility index (Phi) is 5.87. The molecule has 0 saturated carbocycles. The molecular weight excluding hydrogens is 488 g/mol. The van der Waals surface area contributed by atoms with Crippen molar-refractivity contribution in [3.63, 3.8) is 0 Å². The van der Waals surface area contributed by atoms with Crippen LogP contribution in [0.3, 0.4) is 0 Å². The van der Waals surface area contributed by atoms with Gasteiger partial charge in [0, 0.05) is 60.3 Å². The molecule has 4 heterocycles. The van der Waals surface area contributed by atoms with E-state index in [4.69, 9.17) is 10.2 Å². The molecule has 1 unspecified atom stereocenters. The fraction of sp³-hybridized carbons (Fsp3) is 0.290. The van der Waals surface area contributed by atoms with Gasteiger partial charge < -0.3 is 15.1 Å². The SMILES string of the molecule is Cc1cc(C(C)Nc2ccccc2C=O)c2nc(N3CC4(CN(c5ccc(C#N)cc5)C4)C3)c(C)c(=O)n2c1. The van der Waals surface area contributed by atoms with E-state index in [-0.39, 0.29) is 17.0 Å². The number of fused-ring (bicyclic) bond motifs is 1. The number of nitriles is 1. The van der Waals surface area contributed by atoms with Crippen molar-refractivity contribution >= 4 is 29.1 Å². The molecular formula is C31H30N6O2. The highest BCUT2D eigenvalue weighted by molar-refractivity contribution is 5.84. The number of aromatic nitrogens is 2. The van der Waals surface area contributed by atoms with E-state index in [9.17, 15) is 9.59 Å². The molecule has 1 N–H and O–H groups in total. The summed E-state index contributed by atoms with van der Waals surface area (Å²) in [5.41, 5.74) is 6.41. The van der Waals surface area contributed by atoms with Crippen LogP contribution in [-0.4, -0.2) is 41.8 Å².